The zero-order valence-corrected chi connectivity index (χ0v) is 17.1. The highest BCUT2D eigenvalue weighted by Crippen LogP contribution is 2.34. The van der Waals surface area contributed by atoms with Gasteiger partial charge in [0.1, 0.15) is 11.6 Å². The van der Waals surface area contributed by atoms with Crippen molar-refractivity contribution in [1.82, 2.24) is 4.90 Å². The number of halogens is 2. The molecule has 1 aliphatic rings. The molecule has 0 bridgehead atoms. The summed E-state index contributed by atoms with van der Waals surface area (Å²) in [5.74, 6) is 0.117. The number of carbonyl (C=O) groups is 1. The van der Waals surface area contributed by atoms with Gasteiger partial charge in [-0.3, -0.25) is 9.69 Å². The van der Waals surface area contributed by atoms with Gasteiger partial charge in [0, 0.05) is 5.02 Å². The van der Waals surface area contributed by atoms with Gasteiger partial charge in [-0.05, 0) is 65.4 Å². The number of amides is 1. The maximum Gasteiger partial charge on any atom is 0.267 e. The van der Waals surface area contributed by atoms with Gasteiger partial charge >= 0.3 is 0 Å². The number of hydrogen-bond acceptors (Lipinski definition) is 5. The Morgan fingerprint density at radius 2 is 1.80 bits per heavy atom. The molecule has 0 aliphatic carbocycles. The SMILES string of the molecule is O=C1/C(=C/c2ccc(Cl)cc2)S/C(=N/N=C\c2ccc(F)cc2)N1Cc1ccco1. The highest BCUT2D eigenvalue weighted by Gasteiger charge is 2.34. The molecule has 150 valence electrons. The van der Waals surface area contributed by atoms with Gasteiger partial charge in [0.05, 0.1) is 23.9 Å². The summed E-state index contributed by atoms with van der Waals surface area (Å²) >= 11 is 7.16. The zero-order chi connectivity index (χ0) is 20.9. The van der Waals surface area contributed by atoms with E-state index in [0.29, 0.717) is 26.4 Å². The van der Waals surface area contributed by atoms with Crippen LogP contribution in [0.3, 0.4) is 0 Å². The van der Waals surface area contributed by atoms with Gasteiger partial charge < -0.3 is 4.42 Å². The van der Waals surface area contributed by atoms with Crippen LogP contribution in [-0.2, 0) is 11.3 Å². The monoisotopic (exact) mass is 439 g/mol. The lowest BCUT2D eigenvalue weighted by Gasteiger charge is -2.12. The molecular weight excluding hydrogens is 425 g/mol. The van der Waals surface area contributed by atoms with E-state index in [0.717, 1.165) is 5.56 Å². The minimum Gasteiger partial charge on any atom is -0.467 e. The van der Waals surface area contributed by atoms with Crippen molar-refractivity contribution in [1.29, 1.82) is 0 Å². The van der Waals surface area contributed by atoms with Gasteiger partial charge in [0.2, 0.25) is 0 Å². The maximum absolute atomic E-state index is 13.0. The van der Waals surface area contributed by atoms with Crippen LogP contribution in [0.4, 0.5) is 4.39 Å². The predicted molar refractivity (Wildman–Crippen MR) is 118 cm³/mol. The topological polar surface area (TPSA) is 58.2 Å². The summed E-state index contributed by atoms with van der Waals surface area (Å²) in [6, 6.07) is 16.6. The smallest absolute Gasteiger partial charge is 0.267 e. The highest BCUT2D eigenvalue weighted by molar-refractivity contribution is 8.18. The fourth-order valence-corrected chi connectivity index (χ4v) is 3.75. The normalized spacial score (nSPS) is 17.0. The van der Waals surface area contributed by atoms with E-state index < -0.39 is 0 Å². The Balaban J connectivity index is 1.60. The number of furan rings is 1. The van der Waals surface area contributed by atoms with Crippen LogP contribution < -0.4 is 0 Å². The Labute approximate surface area is 181 Å². The first-order valence-corrected chi connectivity index (χ1v) is 10.1. The molecule has 3 aromatic rings. The molecule has 1 amide bonds. The van der Waals surface area contributed by atoms with Crippen molar-refractivity contribution in [2.75, 3.05) is 0 Å². The molecule has 0 radical (unpaired) electrons. The first-order valence-electron chi connectivity index (χ1n) is 8.94. The highest BCUT2D eigenvalue weighted by atomic mass is 35.5. The van der Waals surface area contributed by atoms with Gasteiger partial charge in [0.25, 0.3) is 5.91 Å². The van der Waals surface area contributed by atoms with E-state index in [9.17, 15) is 9.18 Å². The number of carbonyl (C=O) groups excluding carboxylic acids is 1. The predicted octanol–water partition coefficient (Wildman–Crippen LogP) is 5.58. The minimum atomic E-state index is -0.322. The zero-order valence-electron chi connectivity index (χ0n) is 15.5. The summed E-state index contributed by atoms with van der Waals surface area (Å²) in [6.07, 6.45) is 4.84. The second-order valence-corrected chi connectivity index (χ2v) is 7.76. The van der Waals surface area contributed by atoms with Gasteiger partial charge in [-0.2, -0.15) is 5.10 Å². The Morgan fingerprint density at radius 3 is 2.50 bits per heavy atom. The molecule has 1 aromatic heterocycles. The van der Waals surface area contributed by atoms with E-state index >= 15 is 0 Å². The molecule has 0 unspecified atom stereocenters. The van der Waals surface area contributed by atoms with Gasteiger partial charge in [-0.1, -0.05) is 35.9 Å². The van der Waals surface area contributed by atoms with Gasteiger partial charge in [0.15, 0.2) is 5.17 Å². The van der Waals surface area contributed by atoms with E-state index in [-0.39, 0.29) is 18.3 Å². The van der Waals surface area contributed by atoms with Crippen molar-refractivity contribution in [3.8, 4) is 0 Å². The average molecular weight is 440 g/mol. The lowest BCUT2D eigenvalue weighted by Crippen LogP contribution is -2.28. The third kappa shape index (κ3) is 4.87. The van der Waals surface area contributed by atoms with Gasteiger partial charge in [-0.15, -0.1) is 5.10 Å². The Morgan fingerprint density at radius 1 is 1.07 bits per heavy atom. The second kappa shape index (κ2) is 9.11. The van der Waals surface area contributed by atoms with Crippen LogP contribution in [0.2, 0.25) is 5.02 Å². The minimum absolute atomic E-state index is 0.193. The number of benzene rings is 2. The van der Waals surface area contributed by atoms with Crippen molar-refractivity contribution < 1.29 is 13.6 Å². The molecule has 30 heavy (non-hydrogen) atoms. The molecule has 2 heterocycles. The van der Waals surface area contributed by atoms with Crippen LogP contribution in [0, 0.1) is 5.82 Å². The quantitative estimate of drug-likeness (QED) is 0.296. The summed E-state index contributed by atoms with van der Waals surface area (Å²) < 4.78 is 18.4. The first kappa shape index (κ1) is 20.1. The van der Waals surface area contributed by atoms with E-state index in [1.165, 1.54) is 35.0 Å². The van der Waals surface area contributed by atoms with Crippen LogP contribution in [0.1, 0.15) is 16.9 Å². The lowest BCUT2D eigenvalue weighted by atomic mass is 10.2. The molecule has 5 nitrogen and oxygen atoms in total. The largest absolute Gasteiger partial charge is 0.467 e. The maximum atomic E-state index is 13.0. The van der Waals surface area contributed by atoms with Crippen LogP contribution in [0.25, 0.3) is 6.08 Å². The van der Waals surface area contributed by atoms with E-state index in [1.54, 1.807) is 48.7 Å². The fourth-order valence-electron chi connectivity index (χ4n) is 2.68. The molecular formula is C22H15ClFN3O2S. The number of nitrogens with zero attached hydrogens (tertiary/aromatic N) is 3. The number of amidine groups is 1. The summed E-state index contributed by atoms with van der Waals surface area (Å²) in [5.41, 5.74) is 1.55. The number of thioether (sulfide) groups is 1. The number of hydrogen-bond donors (Lipinski definition) is 0. The molecule has 0 atom stereocenters. The van der Waals surface area contributed by atoms with Crippen LogP contribution in [0.15, 0.2) is 86.5 Å². The molecule has 1 saturated heterocycles. The Hall–Kier alpha value is -3.16. The molecule has 0 saturated carbocycles. The summed E-state index contributed by atoms with van der Waals surface area (Å²) in [6.45, 7) is 0.238. The summed E-state index contributed by atoms with van der Waals surface area (Å²) in [4.78, 5) is 15.0. The van der Waals surface area contributed by atoms with Crippen molar-refractivity contribution in [3.05, 3.63) is 99.6 Å². The lowest BCUT2D eigenvalue weighted by molar-refractivity contribution is -0.122. The van der Waals surface area contributed by atoms with Crippen LogP contribution >= 0.6 is 23.4 Å². The molecule has 0 spiro atoms. The molecule has 4 rings (SSSR count). The van der Waals surface area contributed by atoms with Crippen molar-refractivity contribution >= 4 is 46.7 Å². The van der Waals surface area contributed by atoms with E-state index in [4.69, 9.17) is 16.0 Å². The molecule has 0 N–H and O–H groups in total. The fraction of sp³-hybridized carbons (Fsp3) is 0.0455. The van der Waals surface area contributed by atoms with E-state index in [2.05, 4.69) is 10.2 Å². The van der Waals surface area contributed by atoms with Crippen LogP contribution in [-0.4, -0.2) is 22.2 Å². The van der Waals surface area contributed by atoms with Gasteiger partial charge in [-0.25, -0.2) is 4.39 Å². The summed E-state index contributed by atoms with van der Waals surface area (Å²) in [5, 5.41) is 9.34. The standard InChI is InChI=1S/C22H15ClFN3O2S/c23-17-7-3-15(4-8-17)12-20-21(28)27(14-19-2-1-11-29-19)22(30-20)26-25-13-16-5-9-18(24)10-6-16/h1-13H,14H2/b20-12-,25-13-,26-22+. The second-order valence-electron chi connectivity index (χ2n) is 6.31. The average Bonchev–Trinajstić information content (AvgIpc) is 3.35. The molecule has 2 aromatic carbocycles. The molecule has 1 fully saturated rings. The number of rotatable bonds is 5. The van der Waals surface area contributed by atoms with Crippen LogP contribution in [0.5, 0.6) is 0 Å². The first-order chi connectivity index (χ1) is 14.6. The van der Waals surface area contributed by atoms with E-state index in [1.807, 2.05) is 12.1 Å². The third-order valence-corrected chi connectivity index (χ3v) is 5.42. The third-order valence-electron chi connectivity index (χ3n) is 4.17. The molecule has 8 heteroatoms. The Bertz CT molecular complexity index is 1120. The van der Waals surface area contributed by atoms with Crippen molar-refractivity contribution in [3.63, 3.8) is 0 Å². The summed E-state index contributed by atoms with van der Waals surface area (Å²) in [7, 11) is 0. The molecule has 1 aliphatic heterocycles. The van der Waals surface area contributed by atoms with Crippen molar-refractivity contribution in [2.45, 2.75) is 6.54 Å². The Kier molecular flexibility index (Phi) is 6.11. The van der Waals surface area contributed by atoms with Crippen molar-refractivity contribution in [2.24, 2.45) is 10.2 Å².